The molecule has 6 aromatic rings. The van der Waals surface area contributed by atoms with E-state index < -0.39 is 0 Å². The Morgan fingerprint density at radius 3 is 0.671 bits per heavy atom. The summed E-state index contributed by atoms with van der Waals surface area (Å²) in [6.07, 6.45) is 4.03. The molecular formula is C57H78N13O3+3. The maximum absolute atomic E-state index is 10.1. The number of quaternary nitrogens is 1. The van der Waals surface area contributed by atoms with Crippen LogP contribution in [0.1, 0.15) is 90.4 Å². The van der Waals surface area contributed by atoms with Crippen molar-refractivity contribution in [3.63, 3.8) is 0 Å². The van der Waals surface area contributed by atoms with Gasteiger partial charge >= 0.3 is 2.85 Å². The van der Waals surface area contributed by atoms with E-state index in [0.717, 1.165) is 34.8 Å². The van der Waals surface area contributed by atoms with Gasteiger partial charge in [0.05, 0.1) is 46.5 Å². The lowest BCUT2D eigenvalue weighted by molar-refractivity contribution is -0.325. The molecule has 0 aromatic heterocycles. The van der Waals surface area contributed by atoms with Crippen LogP contribution in [0, 0.1) is 61.1 Å². The molecule has 16 heteroatoms. The Morgan fingerprint density at radius 2 is 0.548 bits per heavy atom. The minimum Gasteiger partial charge on any atom is -0.412 e. The second-order valence-corrected chi connectivity index (χ2v) is 11.3. The zero-order valence-corrected chi connectivity index (χ0v) is 36.9. The van der Waals surface area contributed by atoms with Crippen molar-refractivity contribution >= 4 is 72.6 Å². The lowest BCUT2D eigenvalue weighted by Gasteiger charge is -1.93. The largest absolute Gasteiger partial charge is 1.00 e. The van der Waals surface area contributed by atoms with Crippen molar-refractivity contribution in [1.82, 2.24) is 0 Å². The first-order chi connectivity index (χ1) is 32.2. The quantitative estimate of drug-likeness (QED) is 0.0487. The van der Waals surface area contributed by atoms with E-state index in [9.17, 15) is 9.59 Å². The first-order valence-corrected chi connectivity index (χ1v) is 18.8. The predicted molar refractivity (Wildman–Crippen MR) is 313 cm³/mol. The SMILES string of the molecule is C.C.C.C.C.C.C=N.C=N.C[NH3+].O.[C-]#[N+]c1ccc(C=N)cc1.[C-]#[N+]c1ccc(C=N)cc1.[C-]#[N+]c1ccc(C=O)cc1.[C-]#[N+]c1ccc(C=O)cc1.[C-]#[N+]c1ccc(CN)cc1.[C-]#[N+]c1ccc(CN)cc1.[H+].[H+]. The summed E-state index contributed by atoms with van der Waals surface area (Å²) >= 11 is 0. The summed E-state index contributed by atoms with van der Waals surface area (Å²) < 4.78 is 0. The molecule has 6 rings (SSSR count). The minimum absolute atomic E-state index is 0. The van der Waals surface area contributed by atoms with Crippen molar-refractivity contribution in [1.29, 1.82) is 21.6 Å². The first-order valence-electron chi connectivity index (χ1n) is 18.8. The van der Waals surface area contributed by atoms with Crippen LogP contribution in [0.15, 0.2) is 146 Å². The highest BCUT2D eigenvalue weighted by atomic mass is 16.1. The molecule has 0 radical (unpaired) electrons. The normalized spacial score (nSPS) is 7.15. The van der Waals surface area contributed by atoms with E-state index >= 15 is 0 Å². The first kappa shape index (κ1) is 86.3. The fourth-order valence-corrected chi connectivity index (χ4v) is 3.96. The summed E-state index contributed by atoms with van der Waals surface area (Å²) in [6.45, 7) is 45.9. The number of carbonyl (C=O) groups is 2. The van der Waals surface area contributed by atoms with Crippen molar-refractivity contribution in [2.75, 3.05) is 7.05 Å². The second kappa shape index (κ2) is 60.1. The highest BCUT2D eigenvalue weighted by Gasteiger charge is 1.92. The van der Waals surface area contributed by atoms with Gasteiger partial charge in [0.25, 0.3) is 0 Å². The molecule has 0 aliphatic heterocycles. The van der Waals surface area contributed by atoms with E-state index in [2.05, 4.69) is 48.2 Å². The lowest BCUT2D eigenvalue weighted by atomic mass is 10.2. The van der Waals surface area contributed by atoms with Gasteiger partial charge < -0.3 is 44.3 Å². The number of hydrogen-bond acceptors (Lipinski definition) is 8. The molecule has 73 heavy (non-hydrogen) atoms. The van der Waals surface area contributed by atoms with Crippen LogP contribution < -0.4 is 17.2 Å². The molecule has 0 aliphatic rings. The Balaban J connectivity index is -0.0000000607. The molecule has 0 unspecified atom stereocenters. The Labute approximate surface area is 440 Å². The van der Waals surface area contributed by atoms with Gasteiger partial charge in [0.1, 0.15) is 12.6 Å². The highest BCUT2D eigenvalue weighted by Crippen LogP contribution is 2.15. The third-order valence-corrected chi connectivity index (χ3v) is 7.30. The third-order valence-electron chi connectivity index (χ3n) is 7.30. The molecule has 0 aliphatic carbocycles. The summed E-state index contributed by atoms with van der Waals surface area (Å²) in [5.74, 6) is 0. The maximum atomic E-state index is 10.1. The minimum atomic E-state index is 0. The molecule has 0 spiro atoms. The highest BCUT2D eigenvalue weighted by molar-refractivity contribution is 5.78. The van der Waals surface area contributed by atoms with Gasteiger partial charge in [-0.3, -0.25) is 9.59 Å². The standard InChI is InChI=1S/2C8H8N2.2C8H6N2.2C8H5NO.CH5N.2CH3N.6CH4.H2O/c4*1-10-8-4-2-7(6-9)3-5-8;2*1-9-8-4-2-7(6-10)3-5-8;3*1-2;;;;;;;/h2*2-5H,6,9H2;2*2-6,9H;2*2-6H;2H2,1H3;2*2H,1H2;6*1H4;1H2/p+3. The molecule has 0 fully saturated rings. The summed E-state index contributed by atoms with van der Waals surface area (Å²) in [7, 11) is 1.75. The van der Waals surface area contributed by atoms with E-state index in [1.165, 1.54) is 12.4 Å². The number of nitrogens with one attached hydrogen (secondary N) is 4. The number of nitrogens with two attached hydrogens (primary N) is 2. The zero-order valence-electron chi connectivity index (χ0n) is 38.9. The molecule has 0 amide bonds. The Bertz CT molecular complexity index is 2250. The molecule has 16 nitrogen and oxygen atoms in total. The van der Waals surface area contributed by atoms with Crippen LogP contribution in [0.25, 0.3) is 29.1 Å². The monoisotopic (exact) mass is 993 g/mol. The maximum Gasteiger partial charge on any atom is 1.00 e. The van der Waals surface area contributed by atoms with Crippen molar-refractivity contribution in [2.24, 2.45) is 11.5 Å². The van der Waals surface area contributed by atoms with E-state index in [4.69, 9.17) is 72.5 Å². The molecule has 13 N–H and O–H groups in total. The average molecular weight is 993 g/mol. The molecule has 6 aromatic carbocycles. The van der Waals surface area contributed by atoms with Crippen molar-refractivity contribution in [2.45, 2.75) is 57.6 Å². The van der Waals surface area contributed by atoms with Crippen LogP contribution in [-0.2, 0) is 13.1 Å². The Kier molecular flexibility index (Phi) is 71.1. The number of carbonyl (C=O) groups excluding carboxylic acids is 2. The van der Waals surface area contributed by atoms with Gasteiger partial charge in [-0.05, 0) is 35.7 Å². The van der Waals surface area contributed by atoms with Gasteiger partial charge in [0, 0.05) is 36.6 Å². The molecule has 0 saturated heterocycles. The molecule has 0 atom stereocenters. The molecule has 386 valence electrons. The van der Waals surface area contributed by atoms with Crippen LogP contribution in [0.3, 0.4) is 0 Å². The smallest absolute Gasteiger partial charge is 0.412 e. The van der Waals surface area contributed by atoms with Crippen molar-refractivity contribution < 1.29 is 23.7 Å². The van der Waals surface area contributed by atoms with Crippen molar-refractivity contribution in [3.8, 4) is 0 Å². The van der Waals surface area contributed by atoms with Gasteiger partial charge in [-0.2, -0.15) is 0 Å². The summed E-state index contributed by atoms with van der Waals surface area (Å²) in [6, 6.07) is 41.4. The fraction of sp³-hybridized carbons (Fsp3) is 0.158. The van der Waals surface area contributed by atoms with Crippen LogP contribution >= 0.6 is 0 Å². The van der Waals surface area contributed by atoms with Crippen LogP contribution in [0.5, 0.6) is 0 Å². The van der Waals surface area contributed by atoms with E-state index in [0.29, 0.717) is 58.3 Å². The number of rotatable bonds is 6. The lowest BCUT2D eigenvalue weighted by Crippen LogP contribution is -2.40. The molecule has 0 saturated carbocycles. The van der Waals surface area contributed by atoms with Gasteiger partial charge in [-0.1, -0.05) is 190 Å². The van der Waals surface area contributed by atoms with Gasteiger partial charge in [0.15, 0.2) is 34.1 Å². The van der Waals surface area contributed by atoms with E-state index in [-0.39, 0.29) is 52.9 Å². The predicted octanol–water partition coefficient (Wildman–Crippen LogP) is 14.6. The number of aldehydes is 2. The Hall–Kier alpha value is -9.88. The topological polar surface area (TPSA) is 267 Å². The van der Waals surface area contributed by atoms with Crippen LogP contribution in [-0.4, -0.2) is 51.0 Å². The molecular weight excluding hydrogens is 915 g/mol. The number of benzene rings is 6. The van der Waals surface area contributed by atoms with Gasteiger partial charge in [-0.25, -0.2) is 29.1 Å². The fourth-order valence-electron chi connectivity index (χ4n) is 3.96. The summed E-state index contributed by atoms with van der Waals surface area (Å²) in [4.78, 5) is 39.6. The van der Waals surface area contributed by atoms with Gasteiger partial charge in [0.2, 0.25) is 0 Å². The van der Waals surface area contributed by atoms with E-state index in [1.807, 2.05) is 24.3 Å². The van der Waals surface area contributed by atoms with E-state index in [1.54, 1.807) is 128 Å². The molecule has 0 heterocycles. The van der Waals surface area contributed by atoms with Crippen LogP contribution in [0.2, 0.25) is 0 Å². The number of hydrogen-bond donors (Lipinski definition) is 7. The zero-order chi connectivity index (χ0) is 50.4. The molecule has 0 bridgehead atoms. The van der Waals surface area contributed by atoms with Gasteiger partial charge in [-0.15, -0.1) is 0 Å². The average Bonchev–Trinajstić information content (AvgIpc) is 3.43. The third kappa shape index (κ3) is 40.9. The van der Waals surface area contributed by atoms with Crippen LogP contribution in [0.4, 0.5) is 34.1 Å². The summed E-state index contributed by atoms with van der Waals surface area (Å²) in [5, 5.41) is 24.7. The summed E-state index contributed by atoms with van der Waals surface area (Å²) in [5.41, 5.74) is 22.6. The number of nitrogens with zero attached hydrogens (tertiary/aromatic N) is 6. The van der Waals surface area contributed by atoms with Crippen molar-refractivity contribution in [3.05, 3.63) is 247 Å². The Morgan fingerprint density at radius 1 is 0.397 bits per heavy atom. The second-order valence-electron chi connectivity index (χ2n) is 11.3.